The van der Waals surface area contributed by atoms with Crippen LogP contribution in [0.1, 0.15) is 44.2 Å². The van der Waals surface area contributed by atoms with Crippen LogP contribution >= 0.6 is 0 Å². The number of ether oxygens (including phenoxy) is 1. The molecule has 4 nitrogen and oxygen atoms in total. The van der Waals surface area contributed by atoms with Gasteiger partial charge in [-0.1, -0.05) is 37.6 Å². The average Bonchev–Trinajstić information content (AvgIpc) is 2.59. The predicted octanol–water partition coefficient (Wildman–Crippen LogP) is 4.81. The van der Waals surface area contributed by atoms with Crippen molar-refractivity contribution < 1.29 is 13.5 Å². The van der Waals surface area contributed by atoms with Crippen LogP contribution in [-0.4, -0.2) is 23.1 Å². The molecule has 0 aliphatic heterocycles. The lowest BCUT2D eigenvalue weighted by molar-refractivity contribution is 0.0165. The third-order valence-corrected chi connectivity index (χ3v) is 3.84. The Bertz CT molecular complexity index is 659. The van der Waals surface area contributed by atoms with E-state index in [1.807, 2.05) is 0 Å². The molecule has 0 aliphatic rings. The lowest BCUT2D eigenvalue weighted by Gasteiger charge is -2.16. The monoisotopic (exact) mass is 349 g/mol. The maximum atomic E-state index is 13.6. The number of anilines is 1. The zero-order valence-corrected chi connectivity index (χ0v) is 14.8. The molecule has 0 radical (unpaired) electrons. The van der Waals surface area contributed by atoms with Crippen LogP contribution in [0.5, 0.6) is 5.75 Å². The molecule has 1 heterocycles. The summed E-state index contributed by atoms with van der Waals surface area (Å²) >= 11 is 0. The number of hydrogen-bond acceptors (Lipinski definition) is 4. The molecule has 0 fully saturated rings. The van der Waals surface area contributed by atoms with Crippen molar-refractivity contribution >= 4 is 5.82 Å². The molecule has 1 aromatic heterocycles. The highest BCUT2D eigenvalue weighted by Crippen LogP contribution is 2.30. The van der Waals surface area contributed by atoms with Gasteiger partial charge in [-0.2, -0.15) is 0 Å². The minimum absolute atomic E-state index is 0.0833. The molecular weight excluding hydrogens is 324 g/mol. The zero-order valence-electron chi connectivity index (χ0n) is 14.8. The van der Waals surface area contributed by atoms with E-state index in [1.54, 1.807) is 24.4 Å². The summed E-state index contributed by atoms with van der Waals surface area (Å²) in [4.78, 5) is 8.17. The molecule has 136 valence electrons. The van der Waals surface area contributed by atoms with E-state index in [4.69, 9.17) is 4.74 Å². The molecule has 2 aromatic rings. The Morgan fingerprint density at radius 2 is 2.00 bits per heavy atom. The molecule has 1 N–H and O–H groups in total. The summed E-state index contributed by atoms with van der Waals surface area (Å²) in [5, 5.41) is 3.23. The molecule has 0 atom stereocenters. The number of hydrogen-bond donors (Lipinski definition) is 1. The summed E-state index contributed by atoms with van der Waals surface area (Å²) in [5.41, 5.74) is 0.740. The van der Waals surface area contributed by atoms with Gasteiger partial charge >= 0.3 is 0 Å². The van der Waals surface area contributed by atoms with E-state index in [1.165, 1.54) is 12.4 Å². The van der Waals surface area contributed by atoms with Gasteiger partial charge in [0.25, 0.3) is 5.92 Å². The summed E-state index contributed by atoms with van der Waals surface area (Å²) in [6.45, 7) is 4.29. The fourth-order valence-electron chi connectivity index (χ4n) is 2.55. The van der Waals surface area contributed by atoms with Gasteiger partial charge in [0.1, 0.15) is 6.33 Å². The van der Waals surface area contributed by atoms with Crippen LogP contribution in [0, 0.1) is 0 Å². The predicted molar refractivity (Wildman–Crippen MR) is 95.3 cm³/mol. The second-order valence-corrected chi connectivity index (χ2v) is 6.01. The van der Waals surface area contributed by atoms with Gasteiger partial charge in [0.2, 0.25) is 0 Å². The van der Waals surface area contributed by atoms with Crippen molar-refractivity contribution in [2.75, 3.05) is 18.5 Å². The average molecular weight is 349 g/mol. The van der Waals surface area contributed by atoms with Crippen molar-refractivity contribution in [1.29, 1.82) is 0 Å². The molecular formula is C19H25F2N3O. The number of aryl methyl sites for hydroxylation is 1. The van der Waals surface area contributed by atoms with E-state index in [0.717, 1.165) is 26.3 Å². The summed E-state index contributed by atoms with van der Waals surface area (Å²) in [6.07, 6.45) is 6.40. The number of halogens is 2. The summed E-state index contributed by atoms with van der Waals surface area (Å²) < 4.78 is 33.0. The fourth-order valence-corrected chi connectivity index (χ4v) is 2.55. The van der Waals surface area contributed by atoms with Crippen LogP contribution in [0.15, 0.2) is 36.8 Å². The Morgan fingerprint density at radius 3 is 2.76 bits per heavy atom. The molecule has 25 heavy (non-hydrogen) atoms. The van der Waals surface area contributed by atoms with E-state index < -0.39 is 5.92 Å². The lowest BCUT2D eigenvalue weighted by Crippen LogP contribution is -2.12. The normalized spacial score (nSPS) is 11.4. The van der Waals surface area contributed by atoms with Gasteiger partial charge in [-0.05, 0) is 24.8 Å². The Kier molecular flexibility index (Phi) is 7.10. The van der Waals surface area contributed by atoms with Gasteiger partial charge in [-0.3, -0.25) is 0 Å². The summed E-state index contributed by atoms with van der Waals surface area (Å²) in [7, 11) is 0. The van der Waals surface area contributed by atoms with Crippen LogP contribution in [0.3, 0.4) is 0 Å². The largest absolute Gasteiger partial charge is 0.488 e. The highest BCUT2D eigenvalue weighted by Gasteiger charge is 2.26. The Balaban J connectivity index is 1.88. The molecule has 6 heteroatoms. The summed E-state index contributed by atoms with van der Waals surface area (Å²) in [6, 6.07) is 6.65. The molecule has 0 unspecified atom stereocenters. The number of unbranched alkanes of at least 4 members (excludes halogenated alkanes) is 1. The number of alkyl halides is 2. The van der Waals surface area contributed by atoms with E-state index in [9.17, 15) is 8.78 Å². The third kappa shape index (κ3) is 5.96. The highest BCUT2D eigenvalue weighted by atomic mass is 19.3. The molecule has 0 saturated carbocycles. The van der Waals surface area contributed by atoms with Crippen LogP contribution < -0.4 is 10.1 Å². The minimum Gasteiger partial charge on any atom is -0.488 e. The summed E-state index contributed by atoms with van der Waals surface area (Å²) in [5.74, 6) is -1.57. The quantitative estimate of drug-likeness (QED) is 0.625. The Hall–Kier alpha value is -2.24. The molecule has 1 aromatic carbocycles. The van der Waals surface area contributed by atoms with E-state index in [-0.39, 0.29) is 5.56 Å². The number of benzene rings is 1. The van der Waals surface area contributed by atoms with Crippen molar-refractivity contribution in [3.63, 3.8) is 0 Å². The van der Waals surface area contributed by atoms with Crippen molar-refractivity contribution in [3.05, 3.63) is 47.9 Å². The first-order valence-electron chi connectivity index (χ1n) is 8.65. The first kappa shape index (κ1) is 19.1. The smallest absolute Gasteiger partial charge is 0.270 e. The van der Waals surface area contributed by atoms with Crippen LogP contribution in [0.25, 0.3) is 0 Å². The van der Waals surface area contributed by atoms with Gasteiger partial charge in [-0.25, -0.2) is 18.7 Å². The molecule has 0 aliphatic carbocycles. The maximum absolute atomic E-state index is 13.6. The van der Waals surface area contributed by atoms with Gasteiger partial charge in [-0.15, -0.1) is 0 Å². The van der Waals surface area contributed by atoms with Crippen molar-refractivity contribution in [3.8, 4) is 5.75 Å². The van der Waals surface area contributed by atoms with Crippen LogP contribution in [0.2, 0.25) is 0 Å². The molecule has 0 bridgehead atoms. The second-order valence-electron chi connectivity index (χ2n) is 6.01. The first-order valence-corrected chi connectivity index (χ1v) is 8.65. The Morgan fingerprint density at radius 1 is 1.20 bits per heavy atom. The lowest BCUT2D eigenvalue weighted by atomic mass is 9.99. The standard InChI is InChI=1S/C19H25F2N3O/c1-3-4-11-23-18-17(13-22-14-24-18)25-12-7-9-15-8-5-6-10-16(15)19(2,20)21/h5-6,8,10,13-14H,3-4,7,9,11-12H2,1-2H3,(H,22,23,24). The van der Waals surface area contributed by atoms with Gasteiger partial charge in [0.15, 0.2) is 11.6 Å². The van der Waals surface area contributed by atoms with Gasteiger partial charge in [0.05, 0.1) is 12.8 Å². The van der Waals surface area contributed by atoms with Crippen molar-refractivity contribution in [2.45, 2.75) is 45.5 Å². The number of nitrogens with zero attached hydrogens (tertiary/aromatic N) is 2. The van der Waals surface area contributed by atoms with Crippen LogP contribution in [0.4, 0.5) is 14.6 Å². The third-order valence-electron chi connectivity index (χ3n) is 3.84. The van der Waals surface area contributed by atoms with E-state index in [0.29, 0.717) is 36.6 Å². The molecule has 0 saturated heterocycles. The van der Waals surface area contributed by atoms with E-state index >= 15 is 0 Å². The van der Waals surface area contributed by atoms with Gasteiger partial charge < -0.3 is 10.1 Å². The molecule has 0 spiro atoms. The van der Waals surface area contributed by atoms with Crippen molar-refractivity contribution in [2.24, 2.45) is 0 Å². The molecule has 0 amide bonds. The van der Waals surface area contributed by atoms with Crippen LogP contribution in [-0.2, 0) is 12.3 Å². The van der Waals surface area contributed by atoms with Gasteiger partial charge in [0, 0.05) is 19.0 Å². The minimum atomic E-state index is -2.83. The second kappa shape index (κ2) is 9.30. The number of rotatable bonds is 10. The number of aromatic nitrogens is 2. The topological polar surface area (TPSA) is 47.0 Å². The first-order chi connectivity index (χ1) is 12.0. The number of nitrogens with one attached hydrogen (secondary N) is 1. The molecule has 2 rings (SSSR count). The highest BCUT2D eigenvalue weighted by molar-refractivity contribution is 5.47. The SMILES string of the molecule is CCCCNc1ncncc1OCCCc1ccccc1C(C)(F)F. The Labute approximate surface area is 147 Å². The fraction of sp³-hybridized carbons (Fsp3) is 0.474. The zero-order chi connectivity index (χ0) is 18.1. The maximum Gasteiger partial charge on any atom is 0.270 e. The van der Waals surface area contributed by atoms with E-state index in [2.05, 4.69) is 22.2 Å². The van der Waals surface area contributed by atoms with Crippen molar-refractivity contribution in [1.82, 2.24) is 9.97 Å².